The van der Waals surface area contributed by atoms with Gasteiger partial charge in [0.2, 0.25) is 0 Å². The molecular weight excluding hydrogens is 297 g/mol. The highest BCUT2D eigenvalue weighted by Crippen LogP contribution is 2.32. The van der Waals surface area contributed by atoms with Crippen LogP contribution in [0.2, 0.25) is 5.02 Å². The van der Waals surface area contributed by atoms with E-state index < -0.39 is 17.7 Å². The summed E-state index contributed by atoms with van der Waals surface area (Å²) in [4.78, 5) is 16.2. The van der Waals surface area contributed by atoms with Crippen LogP contribution in [0.15, 0.2) is 23.9 Å². The van der Waals surface area contributed by atoms with Gasteiger partial charge in [0.25, 0.3) is 0 Å². The molecule has 1 aromatic heterocycles. The Hall–Kier alpha value is -1.76. The van der Waals surface area contributed by atoms with Crippen molar-refractivity contribution in [3.63, 3.8) is 0 Å². The van der Waals surface area contributed by atoms with Gasteiger partial charge in [0.1, 0.15) is 5.82 Å². The van der Waals surface area contributed by atoms with E-state index in [2.05, 4.69) is 4.98 Å². The fourth-order valence-corrected chi connectivity index (χ4v) is 2.19. The van der Waals surface area contributed by atoms with Gasteiger partial charge in [-0.1, -0.05) is 17.7 Å². The molecule has 8 heteroatoms. The van der Waals surface area contributed by atoms with Crippen molar-refractivity contribution in [1.82, 2.24) is 4.98 Å². The third kappa shape index (κ3) is 3.04. The van der Waals surface area contributed by atoms with Gasteiger partial charge in [0.15, 0.2) is 0 Å². The fraction of sp³-hybridized carbons (Fsp3) is 0.333. The van der Waals surface area contributed by atoms with Crippen LogP contribution in [-0.2, 0) is 0 Å². The Morgan fingerprint density at radius 1 is 1.45 bits per heavy atom. The zero-order valence-corrected chi connectivity index (χ0v) is 10.9. The van der Waals surface area contributed by atoms with Gasteiger partial charge in [0, 0.05) is 24.9 Å². The number of hydrogen-bond acceptors (Lipinski definition) is 3. The molecule has 108 valence electrons. The maximum absolute atomic E-state index is 12.5. The highest BCUT2D eigenvalue weighted by molar-refractivity contribution is 6.33. The fourth-order valence-electron chi connectivity index (χ4n) is 1.90. The molecule has 0 saturated carbocycles. The molecule has 2 rings (SSSR count). The first kappa shape index (κ1) is 14.6. The van der Waals surface area contributed by atoms with Crippen LogP contribution in [0, 0.1) is 0 Å². The van der Waals surface area contributed by atoms with E-state index in [9.17, 15) is 18.0 Å². The predicted molar refractivity (Wildman–Crippen MR) is 67.2 cm³/mol. The van der Waals surface area contributed by atoms with Crippen molar-refractivity contribution in [2.24, 2.45) is 0 Å². The van der Waals surface area contributed by atoms with Gasteiger partial charge in [-0.3, -0.25) is 0 Å². The topological polar surface area (TPSA) is 53.4 Å². The lowest BCUT2D eigenvalue weighted by atomic mass is 10.1. The van der Waals surface area contributed by atoms with E-state index in [1.807, 2.05) is 0 Å². The second kappa shape index (κ2) is 5.32. The Morgan fingerprint density at radius 2 is 2.15 bits per heavy atom. The average molecular weight is 307 g/mol. The first-order chi connectivity index (χ1) is 9.29. The molecule has 0 amide bonds. The number of alkyl halides is 3. The first-order valence-corrected chi connectivity index (χ1v) is 6.07. The zero-order valence-electron chi connectivity index (χ0n) is 10.1. The summed E-state index contributed by atoms with van der Waals surface area (Å²) in [6, 6.07) is 1.23. The number of pyridine rings is 1. The molecule has 1 aromatic rings. The van der Waals surface area contributed by atoms with Crippen LogP contribution in [0.3, 0.4) is 0 Å². The second-order valence-corrected chi connectivity index (χ2v) is 4.66. The van der Waals surface area contributed by atoms with E-state index in [0.717, 1.165) is 12.3 Å². The predicted octanol–water partition coefficient (Wildman–Crippen LogP) is 3.13. The second-order valence-electron chi connectivity index (χ2n) is 4.26. The van der Waals surface area contributed by atoms with E-state index in [4.69, 9.17) is 16.7 Å². The summed E-state index contributed by atoms with van der Waals surface area (Å²) in [6.07, 6.45) is -2.24. The quantitative estimate of drug-likeness (QED) is 0.853. The lowest BCUT2D eigenvalue weighted by Crippen LogP contribution is -2.32. The number of aromatic carboxylic acids is 1. The number of aromatic nitrogens is 1. The summed E-state index contributed by atoms with van der Waals surface area (Å²) >= 11 is 5.92. The lowest BCUT2D eigenvalue weighted by Gasteiger charge is -2.28. The number of carboxylic acid groups (broad SMARTS) is 1. The van der Waals surface area contributed by atoms with Crippen LogP contribution in [0.25, 0.3) is 0 Å². The normalized spacial score (nSPS) is 16.0. The lowest BCUT2D eigenvalue weighted by molar-refractivity contribution is -0.0944. The molecule has 0 aromatic carbocycles. The Labute approximate surface area is 117 Å². The van der Waals surface area contributed by atoms with E-state index in [1.54, 1.807) is 4.90 Å². The Balaban J connectivity index is 2.19. The largest absolute Gasteiger partial charge is 0.478 e. The van der Waals surface area contributed by atoms with Crippen molar-refractivity contribution in [3.8, 4) is 0 Å². The Morgan fingerprint density at radius 3 is 2.60 bits per heavy atom. The molecular formula is C12H10ClF3N2O2. The molecule has 0 aliphatic carbocycles. The molecule has 0 bridgehead atoms. The van der Waals surface area contributed by atoms with Gasteiger partial charge in [-0.2, -0.15) is 13.2 Å². The molecule has 0 radical (unpaired) electrons. The van der Waals surface area contributed by atoms with Crippen LogP contribution < -0.4 is 4.90 Å². The van der Waals surface area contributed by atoms with Crippen molar-refractivity contribution in [3.05, 3.63) is 34.5 Å². The minimum atomic E-state index is -4.31. The summed E-state index contributed by atoms with van der Waals surface area (Å²) in [6.45, 7) is 0.165. The maximum Gasteiger partial charge on any atom is 0.412 e. The van der Waals surface area contributed by atoms with E-state index >= 15 is 0 Å². The monoisotopic (exact) mass is 306 g/mol. The average Bonchev–Trinajstić information content (AvgIpc) is 2.37. The zero-order chi connectivity index (χ0) is 14.9. The number of nitrogens with zero attached hydrogens (tertiary/aromatic N) is 2. The van der Waals surface area contributed by atoms with Gasteiger partial charge in [-0.25, -0.2) is 9.78 Å². The van der Waals surface area contributed by atoms with Crippen molar-refractivity contribution in [2.45, 2.75) is 12.6 Å². The number of halogens is 4. The van der Waals surface area contributed by atoms with E-state index in [0.29, 0.717) is 0 Å². The van der Waals surface area contributed by atoms with Gasteiger partial charge in [-0.15, -0.1) is 0 Å². The molecule has 20 heavy (non-hydrogen) atoms. The summed E-state index contributed by atoms with van der Waals surface area (Å²) in [5, 5.41) is 8.89. The Bertz CT molecular complexity index is 572. The maximum atomic E-state index is 12.5. The Kier molecular flexibility index (Phi) is 3.89. The van der Waals surface area contributed by atoms with Crippen molar-refractivity contribution >= 4 is 23.4 Å². The van der Waals surface area contributed by atoms with Crippen LogP contribution in [-0.4, -0.2) is 35.3 Å². The molecule has 1 N–H and O–H groups in total. The van der Waals surface area contributed by atoms with Crippen LogP contribution >= 0.6 is 11.6 Å². The smallest absolute Gasteiger partial charge is 0.412 e. The van der Waals surface area contributed by atoms with Crippen molar-refractivity contribution < 1.29 is 23.1 Å². The molecule has 2 heterocycles. The molecule has 1 aliphatic heterocycles. The number of hydrogen-bond donors (Lipinski definition) is 1. The number of rotatable bonds is 2. The molecule has 4 nitrogen and oxygen atoms in total. The molecule has 0 unspecified atom stereocenters. The van der Waals surface area contributed by atoms with Crippen LogP contribution in [0.5, 0.6) is 0 Å². The molecule has 0 fully saturated rings. The van der Waals surface area contributed by atoms with Gasteiger partial charge >= 0.3 is 12.1 Å². The summed E-state index contributed by atoms with van der Waals surface area (Å²) in [5.74, 6) is -0.877. The minimum Gasteiger partial charge on any atom is -0.478 e. The number of anilines is 1. The van der Waals surface area contributed by atoms with Crippen LogP contribution in [0.1, 0.15) is 16.8 Å². The van der Waals surface area contributed by atoms with Crippen molar-refractivity contribution in [2.75, 3.05) is 18.0 Å². The van der Waals surface area contributed by atoms with E-state index in [-0.39, 0.29) is 35.9 Å². The first-order valence-electron chi connectivity index (χ1n) is 5.69. The van der Waals surface area contributed by atoms with Gasteiger partial charge < -0.3 is 10.0 Å². The number of carboxylic acids is 1. The molecule has 0 saturated heterocycles. The summed E-state index contributed by atoms with van der Waals surface area (Å²) in [7, 11) is 0. The van der Waals surface area contributed by atoms with Crippen LogP contribution in [0.4, 0.5) is 19.0 Å². The van der Waals surface area contributed by atoms with Gasteiger partial charge in [-0.05, 0) is 12.5 Å². The minimum absolute atomic E-state index is 0.0357. The van der Waals surface area contributed by atoms with Gasteiger partial charge in [0.05, 0.1) is 10.6 Å². The SMILES string of the molecule is O=C(O)c1cnc(N2CC=C(C(F)(F)F)CC2)c(Cl)c1. The van der Waals surface area contributed by atoms with E-state index in [1.165, 1.54) is 6.07 Å². The third-order valence-electron chi connectivity index (χ3n) is 2.94. The molecule has 1 aliphatic rings. The molecule has 0 atom stereocenters. The third-order valence-corrected chi connectivity index (χ3v) is 3.22. The highest BCUT2D eigenvalue weighted by Gasteiger charge is 2.35. The standard InChI is InChI=1S/C12H10ClF3N2O2/c13-9-5-7(11(19)20)6-17-10(9)18-3-1-8(2-4-18)12(14,15)16/h1,5-6H,2-4H2,(H,19,20). The summed E-state index contributed by atoms with van der Waals surface area (Å²) < 4.78 is 37.5. The van der Waals surface area contributed by atoms with Crippen molar-refractivity contribution in [1.29, 1.82) is 0 Å². The molecule has 0 spiro atoms. The number of carbonyl (C=O) groups is 1. The highest BCUT2D eigenvalue weighted by atomic mass is 35.5. The summed E-state index contributed by atoms with van der Waals surface area (Å²) in [5.41, 5.74) is -0.630.